The van der Waals surface area contributed by atoms with Crippen LogP contribution in [0, 0.1) is 0 Å². The van der Waals surface area contributed by atoms with E-state index in [0.29, 0.717) is 11.4 Å². The van der Waals surface area contributed by atoms with E-state index in [9.17, 15) is 8.42 Å². The highest BCUT2D eigenvalue weighted by atomic mass is 32.2. The topological polar surface area (TPSA) is 68.3 Å². The van der Waals surface area contributed by atoms with Crippen LogP contribution in [-0.4, -0.2) is 29.4 Å². The normalized spacial score (nSPS) is 15.5. The van der Waals surface area contributed by atoms with Crippen LogP contribution in [0.5, 0.6) is 0 Å². The molecular formula is C20H23N3O2S. The Kier molecular flexibility index (Phi) is 3.95. The predicted molar refractivity (Wildman–Crippen MR) is 103 cm³/mol. The van der Waals surface area contributed by atoms with Gasteiger partial charge in [0.05, 0.1) is 10.4 Å². The molecule has 26 heavy (non-hydrogen) atoms. The Morgan fingerprint density at radius 3 is 2.38 bits per heavy atom. The summed E-state index contributed by atoms with van der Waals surface area (Å²) in [5.74, 6) is 0. The SMILES string of the molecule is CC(C)(N)CN1Cc2cccc3c2c(cn3S(=O)(=O)c2ccccc2)C1. The van der Waals surface area contributed by atoms with Gasteiger partial charge >= 0.3 is 0 Å². The van der Waals surface area contributed by atoms with E-state index in [1.165, 1.54) is 3.97 Å². The van der Waals surface area contributed by atoms with Crippen molar-refractivity contribution in [1.82, 2.24) is 8.87 Å². The molecule has 0 saturated heterocycles. The third kappa shape index (κ3) is 2.94. The largest absolute Gasteiger partial charge is 0.324 e. The highest BCUT2D eigenvalue weighted by molar-refractivity contribution is 7.90. The average Bonchev–Trinajstić information content (AvgIpc) is 2.95. The molecule has 1 aromatic heterocycles. The Labute approximate surface area is 154 Å². The van der Waals surface area contributed by atoms with E-state index in [-0.39, 0.29) is 5.54 Å². The standard InChI is InChI=1S/C20H23N3O2S/c1-20(2,21)14-22-11-15-7-6-10-18-19(15)16(12-22)13-23(18)26(24,25)17-8-4-3-5-9-17/h3-10,13H,11-12,14,21H2,1-2H3. The molecule has 6 heteroatoms. The lowest BCUT2D eigenvalue weighted by atomic mass is 9.99. The number of nitrogens with zero attached hydrogens (tertiary/aromatic N) is 2. The quantitative estimate of drug-likeness (QED) is 0.768. The van der Waals surface area contributed by atoms with Crippen molar-refractivity contribution in [2.24, 2.45) is 5.73 Å². The highest BCUT2D eigenvalue weighted by Gasteiger charge is 2.28. The average molecular weight is 369 g/mol. The second-order valence-electron chi connectivity index (χ2n) is 7.71. The molecule has 0 spiro atoms. The summed E-state index contributed by atoms with van der Waals surface area (Å²) >= 11 is 0. The fourth-order valence-corrected chi connectivity index (χ4v) is 5.20. The fraction of sp³-hybridized carbons (Fsp3) is 0.300. The minimum atomic E-state index is -3.62. The first-order valence-corrected chi connectivity index (χ1v) is 10.1. The van der Waals surface area contributed by atoms with E-state index >= 15 is 0 Å². The molecule has 1 aliphatic heterocycles. The van der Waals surface area contributed by atoms with Gasteiger partial charge in [-0.15, -0.1) is 0 Å². The Morgan fingerprint density at radius 1 is 1.00 bits per heavy atom. The first-order chi connectivity index (χ1) is 12.3. The van der Waals surface area contributed by atoms with Gasteiger partial charge in [0.1, 0.15) is 0 Å². The van der Waals surface area contributed by atoms with Gasteiger partial charge in [0, 0.05) is 36.8 Å². The number of rotatable bonds is 4. The van der Waals surface area contributed by atoms with E-state index < -0.39 is 10.0 Å². The zero-order chi connectivity index (χ0) is 18.5. The van der Waals surface area contributed by atoms with Crippen molar-refractivity contribution in [3.8, 4) is 0 Å². The number of aromatic nitrogens is 1. The van der Waals surface area contributed by atoms with E-state index in [1.54, 1.807) is 30.5 Å². The molecule has 0 unspecified atom stereocenters. The molecule has 0 fully saturated rings. The first-order valence-electron chi connectivity index (χ1n) is 8.69. The summed E-state index contributed by atoms with van der Waals surface area (Å²) in [7, 11) is -3.62. The molecule has 0 aliphatic carbocycles. The maximum absolute atomic E-state index is 13.1. The van der Waals surface area contributed by atoms with Gasteiger partial charge in [0.2, 0.25) is 0 Å². The van der Waals surface area contributed by atoms with Crippen molar-refractivity contribution in [2.75, 3.05) is 6.54 Å². The zero-order valence-corrected chi connectivity index (χ0v) is 15.8. The summed E-state index contributed by atoms with van der Waals surface area (Å²) in [4.78, 5) is 2.57. The van der Waals surface area contributed by atoms with Crippen LogP contribution < -0.4 is 5.73 Å². The predicted octanol–water partition coefficient (Wildman–Crippen LogP) is 2.93. The highest BCUT2D eigenvalue weighted by Crippen LogP contribution is 2.34. The Morgan fingerprint density at radius 2 is 1.69 bits per heavy atom. The van der Waals surface area contributed by atoms with Crippen molar-refractivity contribution in [1.29, 1.82) is 0 Å². The van der Waals surface area contributed by atoms with Gasteiger partial charge in [-0.1, -0.05) is 30.3 Å². The lowest BCUT2D eigenvalue weighted by Gasteiger charge is -2.32. The fourth-order valence-electron chi connectivity index (χ4n) is 3.80. The lowest BCUT2D eigenvalue weighted by molar-refractivity contribution is 0.206. The van der Waals surface area contributed by atoms with Gasteiger partial charge in [-0.2, -0.15) is 0 Å². The van der Waals surface area contributed by atoms with Gasteiger partial charge in [-0.25, -0.2) is 12.4 Å². The second kappa shape index (κ2) is 5.94. The molecule has 0 amide bonds. The van der Waals surface area contributed by atoms with Crippen LogP contribution in [0.25, 0.3) is 10.9 Å². The van der Waals surface area contributed by atoms with Gasteiger partial charge in [0.25, 0.3) is 10.0 Å². The van der Waals surface area contributed by atoms with Crippen molar-refractivity contribution in [3.05, 3.63) is 65.9 Å². The van der Waals surface area contributed by atoms with Crippen LogP contribution in [0.3, 0.4) is 0 Å². The van der Waals surface area contributed by atoms with E-state index in [2.05, 4.69) is 11.0 Å². The third-order valence-corrected chi connectivity index (χ3v) is 6.37. The molecular weight excluding hydrogens is 346 g/mol. The smallest absolute Gasteiger partial charge is 0.268 e. The second-order valence-corrected chi connectivity index (χ2v) is 9.53. The molecule has 3 aromatic rings. The molecule has 0 radical (unpaired) electrons. The minimum absolute atomic E-state index is 0.299. The van der Waals surface area contributed by atoms with Crippen molar-refractivity contribution in [3.63, 3.8) is 0 Å². The van der Waals surface area contributed by atoms with Crippen LogP contribution in [0.2, 0.25) is 0 Å². The van der Waals surface area contributed by atoms with Gasteiger partial charge in [0.15, 0.2) is 0 Å². The van der Waals surface area contributed by atoms with Crippen LogP contribution in [0.4, 0.5) is 0 Å². The van der Waals surface area contributed by atoms with Crippen molar-refractivity contribution in [2.45, 2.75) is 37.4 Å². The molecule has 1 aliphatic rings. The molecule has 2 heterocycles. The summed E-state index contributed by atoms with van der Waals surface area (Å²) in [6.07, 6.45) is 1.77. The summed E-state index contributed by atoms with van der Waals surface area (Å²) in [6, 6.07) is 14.4. The molecule has 0 saturated carbocycles. The van der Waals surface area contributed by atoms with Crippen molar-refractivity contribution < 1.29 is 8.42 Å². The molecule has 5 nitrogen and oxygen atoms in total. The summed E-state index contributed by atoms with van der Waals surface area (Å²) in [5.41, 5.74) is 8.81. The maximum Gasteiger partial charge on any atom is 0.268 e. The van der Waals surface area contributed by atoms with Gasteiger partial charge < -0.3 is 5.73 Å². The summed E-state index contributed by atoms with van der Waals surface area (Å²) < 4.78 is 27.7. The molecule has 2 aromatic carbocycles. The first kappa shape index (κ1) is 17.3. The van der Waals surface area contributed by atoms with Gasteiger partial charge in [-0.05, 0) is 43.2 Å². The Hall–Kier alpha value is -2.15. The van der Waals surface area contributed by atoms with Crippen molar-refractivity contribution >= 4 is 20.9 Å². The van der Waals surface area contributed by atoms with E-state index in [0.717, 1.165) is 35.1 Å². The van der Waals surface area contributed by atoms with E-state index in [4.69, 9.17) is 5.73 Å². The molecule has 0 atom stereocenters. The maximum atomic E-state index is 13.1. The summed E-state index contributed by atoms with van der Waals surface area (Å²) in [5, 5.41) is 1.05. The van der Waals surface area contributed by atoms with E-state index in [1.807, 2.05) is 32.0 Å². The Balaban J connectivity index is 1.84. The van der Waals surface area contributed by atoms with Crippen LogP contribution in [0.1, 0.15) is 25.0 Å². The zero-order valence-electron chi connectivity index (χ0n) is 15.0. The lowest BCUT2D eigenvalue weighted by Crippen LogP contribution is -2.45. The number of hydrogen-bond donors (Lipinski definition) is 1. The van der Waals surface area contributed by atoms with Crippen LogP contribution in [-0.2, 0) is 23.1 Å². The third-order valence-electron chi connectivity index (χ3n) is 4.68. The van der Waals surface area contributed by atoms with Crippen LogP contribution in [0.15, 0.2) is 59.6 Å². The summed E-state index contributed by atoms with van der Waals surface area (Å²) in [6.45, 7) is 6.24. The minimum Gasteiger partial charge on any atom is -0.324 e. The number of nitrogens with two attached hydrogens (primary N) is 1. The molecule has 4 rings (SSSR count). The number of hydrogen-bond acceptors (Lipinski definition) is 4. The number of benzene rings is 2. The van der Waals surface area contributed by atoms with Gasteiger partial charge in [-0.3, -0.25) is 4.90 Å². The van der Waals surface area contributed by atoms with Crippen LogP contribution >= 0.6 is 0 Å². The monoisotopic (exact) mass is 369 g/mol. The Bertz CT molecular complexity index is 1060. The molecule has 2 N–H and O–H groups in total. The molecule has 136 valence electrons. The molecule has 0 bridgehead atoms.